The molecule has 0 aliphatic rings. The van der Waals surface area contributed by atoms with Crippen LogP contribution in [0.1, 0.15) is 21.9 Å². The Labute approximate surface area is 128 Å². The third-order valence-corrected chi connectivity index (χ3v) is 3.07. The molecule has 0 saturated carbocycles. The number of alkyl halides is 3. The summed E-state index contributed by atoms with van der Waals surface area (Å²) in [6.45, 7) is 1.65. The Morgan fingerprint density at radius 1 is 1.30 bits per heavy atom. The van der Waals surface area contributed by atoms with E-state index < -0.39 is 17.8 Å². The predicted octanol–water partition coefficient (Wildman–Crippen LogP) is 0.734. The lowest BCUT2D eigenvalue weighted by Crippen LogP contribution is -2.31. The number of aryl methyl sites for hydroxylation is 2. The summed E-state index contributed by atoms with van der Waals surface area (Å²) in [5, 5.41) is 9.74. The van der Waals surface area contributed by atoms with Crippen LogP contribution in [0.5, 0.6) is 0 Å². The summed E-state index contributed by atoms with van der Waals surface area (Å²) < 4.78 is 39.8. The highest BCUT2D eigenvalue weighted by molar-refractivity contribution is 5.91. The molecule has 124 valence electrons. The second-order valence-electron chi connectivity index (χ2n) is 4.83. The van der Waals surface area contributed by atoms with Gasteiger partial charge < -0.3 is 5.32 Å². The highest BCUT2D eigenvalue weighted by Gasteiger charge is 2.34. The molecule has 0 bridgehead atoms. The van der Waals surface area contributed by atoms with Gasteiger partial charge in [0.2, 0.25) is 0 Å². The van der Waals surface area contributed by atoms with E-state index in [4.69, 9.17) is 0 Å². The van der Waals surface area contributed by atoms with Crippen LogP contribution in [0.3, 0.4) is 0 Å². The van der Waals surface area contributed by atoms with Gasteiger partial charge in [0.1, 0.15) is 5.69 Å². The molecule has 2 heterocycles. The van der Waals surface area contributed by atoms with Crippen molar-refractivity contribution in [3.05, 3.63) is 45.6 Å². The van der Waals surface area contributed by atoms with Crippen LogP contribution >= 0.6 is 0 Å². The molecule has 1 amide bonds. The molecule has 0 fully saturated rings. The highest BCUT2D eigenvalue weighted by atomic mass is 19.4. The van der Waals surface area contributed by atoms with Crippen LogP contribution < -0.4 is 10.9 Å². The standard InChI is InChI=1S/C13H14F3N5O2/c1-8-7-10(13(14,15)16)19-21(8)6-5-17-12(23)9-3-4-11(22)20(2)18-9/h3-4,7H,5-6H2,1-2H3,(H,17,23). The number of carbonyl (C=O) groups excluding carboxylic acids is 1. The molecular weight excluding hydrogens is 315 g/mol. The molecular formula is C13H14F3N5O2. The third kappa shape index (κ3) is 3.96. The summed E-state index contributed by atoms with van der Waals surface area (Å²) in [5.74, 6) is -0.526. The fraction of sp³-hybridized carbons (Fsp3) is 0.385. The number of nitrogens with one attached hydrogen (secondary N) is 1. The summed E-state index contributed by atoms with van der Waals surface area (Å²) in [7, 11) is 1.41. The van der Waals surface area contributed by atoms with Crippen LogP contribution in [0.25, 0.3) is 0 Å². The normalized spacial score (nSPS) is 11.5. The van der Waals surface area contributed by atoms with E-state index in [0.717, 1.165) is 15.4 Å². The predicted molar refractivity (Wildman–Crippen MR) is 73.8 cm³/mol. The van der Waals surface area contributed by atoms with E-state index in [0.29, 0.717) is 5.69 Å². The van der Waals surface area contributed by atoms with Gasteiger partial charge in [-0.2, -0.15) is 23.4 Å². The average molecular weight is 329 g/mol. The molecule has 2 aromatic heterocycles. The van der Waals surface area contributed by atoms with Crippen molar-refractivity contribution in [3.8, 4) is 0 Å². The van der Waals surface area contributed by atoms with Crippen molar-refractivity contribution in [1.29, 1.82) is 0 Å². The Bertz CT molecular complexity index is 779. The van der Waals surface area contributed by atoms with Crippen LogP contribution in [0, 0.1) is 6.92 Å². The van der Waals surface area contributed by atoms with Crippen LogP contribution in [0.15, 0.2) is 23.0 Å². The van der Waals surface area contributed by atoms with Crippen LogP contribution in [0.2, 0.25) is 0 Å². The van der Waals surface area contributed by atoms with Crippen molar-refractivity contribution < 1.29 is 18.0 Å². The van der Waals surface area contributed by atoms with Gasteiger partial charge in [-0.05, 0) is 19.1 Å². The number of hydrogen-bond donors (Lipinski definition) is 1. The molecule has 0 aromatic carbocycles. The number of nitrogens with zero attached hydrogens (tertiary/aromatic N) is 4. The molecule has 0 unspecified atom stereocenters. The zero-order chi connectivity index (χ0) is 17.2. The summed E-state index contributed by atoms with van der Waals surface area (Å²) in [4.78, 5) is 23.0. The largest absolute Gasteiger partial charge is 0.435 e. The van der Waals surface area contributed by atoms with Crippen molar-refractivity contribution in [2.75, 3.05) is 6.54 Å². The van der Waals surface area contributed by atoms with Crippen molar-refractivity contribution >= 4 is 5.91 Å². The van der Waals surface area contributed by atoms with Crippen molar-refractivity contribution in [3.63, 3.8) is 0 Å². The minimum atomic E-state index is -4.50. The minimum absolute atomic E-state index is 0.0419. The maximum absolute atomic E-state index is 12.5. The Hall–Kier alpha value is -2.65. The number of amides is 1. The molecule has 0 aliphatic heterocycles. The molecule has 7 nitrogen and oxygen atoms in total. The topological polar surface area (TPSA) is 81.8 Å². The number of halogens is 3. The molecule has 23 heavy (non-hydrogen) atoms. The van der Waals surface area contributed by atoms with Gasteiger partial charge in [0.05, 0.1) is 6.54 Å². The first-order chi connectivity index (χ1) is 10.7. The summed E-state index contributed by atoms with van der Waals surface area (Å²) >= 11 is 0. The quantitative estimate of drug-likeness (QED) is 0.897. The van der Waals surface area contributed by atoms with E-state index in [1.165, 1.54) is 26.1 Å². The summed E-state index contributed by atoms with van der Waals surface area (Å²) in [5.41, 5.74) is -0.943. The number of aromatic nitrogens is 4. The van der Waals surface area contributed by atoms with Gasteiger partial charge in [0.15, 0.2) is 5.69 Å². The molecule has 2 aromatic rings. The van der Waals surface area contributed by atoms with E-state index in [-0.39, 0.29) is 24.3 Å². The van der Waals surface area contributed by atoms with Gasteiger partial charge in [0, 0.05) is 25.4 Å². The molecule has 2 rings (SSSR count). The first-order valence-corrected chi connectivity index (χ1v) is 6.62. The van der Waals surface area contributed by atoms with Gasteiger partial charge in [-0.25, -0.2) is 4.68 Å². The number of hydrogen-bond acceptors (Lipinski definition) is 4. The lowest BCUT2D eigenvalue weighted by molar-refractivity contribution is -0.141. The Morgan fingerprint density at radius 2 is 2.00 bits per heavy atom. The summed E-state index contributed by atoms with van der Waals surface area (Å²) in [6.07, 6.45) is -4.50. The minimum Gasteiger partial charge on any atom is -0.349 e. The fourth-order valence-corrected chi connectivity index (χ4v) is 1.86. The average Bonchev–Trinajstić information content (AvgIpc) is 2.83. The molecule has 0 aliphatic carbocycles. The van der Waals surface area contributed by atoms with Gasteiger partial charge in [-0.1, -0.05) is 0 Å². The maximum atomic E-state index is 12.5. The van der Waals surface area contributed by atoms with Crippen molar-refractivity contribution in [2.45, 2.75) is 19.6 Å². The first-order valence-electron chi connectivity index (χ1n) is 6.62. The van der Waals surface area contributed by atoms with E-state index in [9.17, 15) is 22.8 Å². The SMILES string of the molecule is Cc1cc(C(F)(F)F)nn1CCNC(=O)c1ccc(=O)n(C)n1. The van der Waals surface area contributed by atoms with Crippen LogP contribution in [0.4, 0.5) is 13.2 Å². The second-order valence-corrected chi connectivity index (χ2v) is 4.83. The Kier molecular flexibility index (Phi) is 4.52. The number of rotatable bonds is 4. The van der Waals surface area contributed by atoms with Gasteiger partial charge in [0.25, 0.3) is 11.5 Å². The van der Waals surface area contributed by atoms with Crippen molar-refractivity contribution in [2.24, 2.45) is 7.05 Å². The molecule has 1 N–H and O–H groups in total. The Morgan fingerprint density at radius 3 is 2.57 bits per heavy atom. The van der Waals surface area contributed by atoms with Crippen LogP contribution in [-0.4, -0.2) is 32.0 Å². The zero-order valence-electron chi connectivity index (χ0n) is 12.4. The van der Waals surface area contributed by atoms with Gasteiger partial charge in [-0.3, -0.25) is 14.3 Å². The molecule has 0 spiro atoms. The molecule has 0 saturated heterocycles. The lowest BCUT2D eigenvalue weighted by atomic mass is 10.3. The first kappa shape index (κ1) is 16.7. The second kappa shape index (κ2) is 6.23. The van der Waals surface area contributed by atoms with Crippen molar-refractivity contribution in [1.82, 2.24) is 24.9 Å². The number of carbonyl (C=O) groups is 1. The molecule has 0 atom stereocenters. The fourth-order valence-electron chi connectivity index (χ4n) is 1.86. The zero-order valence-corrected chi connectivity index (χ0v) is 12.4. The van der Waals surface area contributed by atoms with E-state index in [2.05, 4.69) is 15.5 Å². The smallest absolute Gasteiger partial charge is 0.349 e. The van der Waals surface area contributed by atoms with E-state index in [1.807, 2.05) is 0 Å². The van der Waals surface area contributed by atoms with Gasteiger partial charge >= 0.3 is 6.18 Å². The molecule has 10 heteroatoms. The maximum Gasteiger partial charge on any atom is 0.435 e. The highest BCUT2D eigenvalue weighted by Crippen LogP contribution is 2.28. The monoisotopic (exact) mass is 329 g/mol. The lowest BCUT2D eigenvalue weighted by Gasteiger charge is -2.07. The molecule has 0 radical (unpaired) electrons. The summed E-state index contributed by atoms with van der Waals surface area (Å²) in [6, 6.07) is 3.42. The van der Waals surface area contributed by atoms with Crippen LogP contribution in [-0.2, 0) is 19.8 Å². The Balaban J connectivity index is 1.97. The van der Waals surface area contributed by atoms with E-state index >= 15 is 0 Å². The van der Waals surface area contributed by atoms with Gasteiger partial charge in [-0.15, -0.1) is 0 Å². The third-order valence-electron chi connectivity index (χ3n) is 3.07. The van der Waals surface area contributed by atoms with E-state index in [1.54, 1.807) is 0 Å².